The SMILES string of the molecule is CC(C)NC(=O)N(C=O)c1cccc2c(C(O)C(=O)N3CCN(C(=O)c4ccccc4)CC3C)c[nH]c12. The summed E-state index contributed by atoms with van der Waals surface area (Å²) in [5.74, 6) is -0.569. The number of aliphatic hydroxyl groups is 1. The molecule has 2 unspecified atom stereocenters. The summed E-state index contributed by atoms with van der Waals surface area (Å²) in [5.41, 5.74) is 1.68. The van der Waals surface area contributed by atoms with Crippen molar-refractivity contribution in [3.63, 3.8) is 0 Å². The quantitative estimate of drug-likeness (QED) is 0.444. The Balaban J connectivity index is 1.52. The first-order valence-electron chi connectivity index (χ1n) is 12.2. The molecule has 1 fully saturated rings. The van der Waals surface area contributed by atoms with E-state index >= 15 is 0 Å². The molecule has 3 N–H and O–H groups in total. The van der Waals surface area contributed by atoms with Gasteiger partial charge in [-0.1, -0.05) is 30.3 Å². The summed E-state index contributed by atoms with van der Waals surface area (Å²) in [6, 6.07) is 12.9. The molecule has 2 atom stereocenters. The van der Waals surface area contributed by atoms with Crippen molar-refractivity contribution < 1.29 is 24.3 Å². The van der Waals surface area contributed by atoms with Crippen LogP contribution in [-0.4, -0.2) is 75.9 Å². The molecule has 37 heavy (non-hydrogen) atoms. The molecule has 1 aliphatic heterocycles. The number of carbonyl (C=O) groups excluding carboxylic acids is 4. The highest BCUT2D eigenvalue weighted by Gasteiger charge is 2.34. The third kappa shape index (κ3) is 5.19. The number of nitrogens with one attached hydrogen (secondary N) is 2. The number of hydrogen-bond acceptors (Lipinski definition) is 5. The van der Waals surface area contributed by atoms with Crippen molar-refractivity contribution in [3.05, 3.63) is 65.9 Å². The van der Waals surface area contributed by atoms with Crippen molar-refractivity contribution in [2.24, 2.45) is 0 Å². The van der Waals surface area contributed by atoms with E-state index in [1.807, 2.05) is 25.1 Å². The summed E-state index contributed by atoms with van der Waals surface area (Å²) in [4.78, 5) is 57.7. The van der Waals surface area contributed by atoms with Crippen molar-refractivity contribution >= 4 is 40.8 Å². The van der Waals surface area contributed by atoms with E-state index in [0.29, 0.717) is 47.2 Å². The number of hydrogen-bond donors (Lipinski definition) is 3. The number of aromatic amines is 1. The van der Waals surface area contributed by atoms with Gasteiger partial charge >= 0.3 is 6.03 Å². The lowest BCUT2D eigenvalue weighted by Crippen LogP contribution is -2.56. The number of benzene rings is 2. The van der Waals surface area contributed by atoms with Gasteiger partial charge in [0.15, 0.2) is 6.10 Å². The van der Waals surface area contributed by atoms with Crippen LogP contribution in [-0.2, 0) is 9.59 Å². The predicted octanol–water partition coefficient (Wildman–Crippen LogP) is 2.66. The van der Waals surface area contributed by atoms with Crippen LogP contribution in [0.3, 0.4) is 0 Å². The van der Waals surface area contributed by atoms with Gasteiger partial charge in [-0.3, -0.25) is 14.4 Å². The van der Waals surface area contributed by atoms with Crippen molar-refractivity contribution in [1.82, 2.24) is 20.1 Å². The van der Waals surface area contributed by atoms with Crippen LogP contribution in [0.5, 0.6) is 0 Å². The number of H-pyrrole nitrogens is 1. The molecule has 5 amide bonds. The fraction of sp³-hybridized carbons (Fsp3) is 0.333. The number of amides is 5. The number of nitrogens with zero attached hydrogens (tertiary/aromatic N) is 3. The minimum Gasteiger partial charge on any atom is -0.378 e. The maximum atomic E-state index is 13.3. The zero-order chi connectivity index (χ0) is 26.7. The average Bonchev–Trinajstić information content (AvgIpc) is 3.33. The third-order valence-electron chi connectivity index (χ3n) is 6.47. The highest BCUT2D eigenvalue weighted by molar-refractivity contribution is 6.12. The summed E-state index contributed by atoms with van der Waals surface area (Å²) in [5, 5.41) is 14.3. The number of piperazine rings is 1. The maximum Gasteiger partial charge on any atom is 0.328 e. The molecule has 2 aromatic carbocycles. The average molecular weight is 506 g/mol. The summed E-state index contributed by atoms with van der Waals surface area (Å²) >= 11 is 0. The molecule has 0 aliphatic carbocycles. The minimum atomic E-state index is -1.46. The van der Waals surface area contributed by atoms with Crippen molar-refractivity contribution in [1.29, 1.82) is 0 Å². The van der Waals surface area contributed by atoms with Crippen LogP contribution in [0.4, 0.5) is 10.5 Å². The van der Waals surface area contributed by atoms with Gasteiger partial charge in [0.1, 0.15) is 0 Å². The Morgan fingerprint density at radius 3 is 2.49 bits per heavy atom. The van der Waals surface area contributed by atoms with Gasteiger partial charge < -0.3 is 25.2 Å². The third-order valence-corrected chi connectivity index (χ3v) is 6.47. The molecule has 4 rings (SSSR count). The monoisotopic (exact) mass is 505 g/mol. The Bertz CT molecular complexity index is 1310. The van der Waals surface area contributed by atoms with E-state index in [1.54, 1.807) is 54.0 Å². The first-order chi connectivity index (χ1) is 17.7. The van der Waals surface area contributed by atoms with Crippen LogP contribution in [0.1, 0.15) is 42.8 Å². The molecule has 0 radical (unpaired) electrons. The van der Waals surface area contributed by atoms with E-state index in [9.17, 15) is 24.3 Å². The number of urea groups is 1. The molecule has 1 aromatic heterocycles. The molecular formula is C27H31N5O5. The Kier molecular flexibility index (Phi) is 7.58. The van der Waals surface area contributed by atoms with Gasteiger partial charge in [-0.05, 0) is 39.0 Å². The highest BCUT2D eigenvalue weighted by Crippen LogP contribution is 2.32. The second-order valence-corrected chi connectivity index (χ2v) is 9.42. The lowest BCUT2D eigenvalue weighted by Gasteiger charge is -2.40. The van der Waals surface area contributed by atoms with Crippen molar-refractivity contribution in [2.75, 3.05) is 24.5 Å². The number of rotatable bonds is 6. The Hall–Kier alpha value is -4.18. The zero-order valence-electron chi connectivity index (χ0n) is 21.0. The molecule has 1 saturated heterocycles. The number of aromatic nitrogens is 1. The first kappa shape index (κ1) is 25.9. The van der Waals surface area contributed by atoms with Crippen LogP contribution < -0.4 is 10.2 Å². The summed E-state index contributed by atoms with van der Waals surface area (Å²) in [6.07, 6.45) is 0.476. The second kappa shape index (κ2) is 10.8. The second-order valence-electron chi connectivity index (χ2n) is 9.42. The molecule has 10 nitrogen and oxygen atoms in total. The number of anilines is 1. The number of para-hydroxylation sites is 1. The summed E-state index contributed by atoms with van der Waals surface area (Å²) in [7, 11) is 0. The van der Waals surface area contributed by atoms with Gasteiger partial charge in [-0.25, -0.2) is 9.69 Å². The van der Waals surface area contributed by atoms with Crippen LogP contribution >= 0.6 is 0 Å². The molecule has 0 saturated carbocycles. The number of fused-ring (bicyclic) bond motifs is 1. The van der Waals surface area contributed by atoms with E-state index in [0.717, 1.165) is 4.90 Å². The van der Waals surface area contributed by atoms with Gasteiger partial charge in [0, 0.05) is 54.4 Å². The van der Waals surface area contributed by atoms with Crippen molar-refractivity contribution in [2.45, 2.75) is 39.0 Å². The van der Waals surface area contributed by atoms with E-state index in [1.165, 1.54) is 6.20 Å². The molecule has 0 spiro atoms. The standard InChI is InChI=1S/C27H31N5O5/c1-17(2)29-27(37)32(16-33)22-11-7-10-20-21(14-28-23(20)22)24(34)26(36)31-13-12-30(15-18(31)3)25(35)19-8-5-4-6-9-19/h4-11,14,16-18,24,28,34H,12-13,15H2,1-3H3,(H,29,37). The van der Waals surface area contributed by atoms with E-state index < -0.39 is 18.0 Å². The lowest BCUT2D eigenvalue weighted by molar-refractivity contribution is -0.144. The molecular weight excluding hydrogens is 474 g/mol. The van der Waals surface area contributed by atoms with E-state index in [2.05, 4.69) is 10.3 Å². The predicted molar refractivity (Wildman–Crippen MR) is 139 cm³/mol. The largest absolute Gasteiger partial charge is 0.378 e. The van der Waals surface area contributed by atoms with Gasteiger partial charge in [-0.2, -0.15) is 0 Å². The van der Waals surface area contributed by atoms with Gasteiger partial charge in [0.05, 0.1) is 11.2 Å². The van der Waals surface area contributed by atoms with Gasteiger partial charge in [0.25, 0.3) is 11.8 Å². The Morgan fingerprint density at radius 1 is 1.11 bits per heavy atom. The maximum absolute atomic E-state index is 13.3. The summed E-state index contributed by atoms with van der Waals surface area (Å²) in [6.45, 7) is 6.41. The van der Waals surface area contributed by atoms with Crippen LogP contribution in [0.2, 0.25) is 0 Å². The Morgan fingerprint density at radius 2 is 1.84 bits per heavy atom. The highest BCUT2D eigenvalue weighted by atomic mass is 16.3. The minimum absolute atomic E-state index is 0.0921. The molecule has 10 heteroatoms. The number of aliphatic hydroxyl groups excluding tert-OH is 1. The van der Waals surface area contributed by atoms with Crippen LogP contribution in [0.25, 0.3) is 10.9 Å². The van der Waals surface area contributed by atoms with Crippen LogP contribution in [0, 0.1) is 0 Å². The molecule has 0 bridgehead atoms. The fourth-order valence-corrected chi connectivity index (χ4v) is 4.64. The molecule has 2 heterocycles. The molecule has 3 aromatic rings. The fourth-order valence-electron chi connectivity index (χ4n) is 4.64. The van der Waals surface area contributed by atoms with E-state index in [4.69, 9.17) is 0 Å². The molecule has 194 valence electrons. The zero-order valence-corrected chi connectivity index (χ0v) is 21.0. The topological polar surface area (TPSA) is 126 Å². The molecule has 1 aliphatic rings. The van der Waals surface area contributed by atoms with Crippen LogP contribution in [0.15, 0.2) is 54.7 Å². The smallest absolute Gasteiger partial charge is 0.328 e. The van der Waals surface area contributed by atoms with Gasteiger partial charge in [-0.15, -0.1) is 0 Å². The number of imide groups is 1. The van der Waals surface area contributed by atoms with E-state index in [-0.39, 0.29) is 24.5 Å². The Labute approximate surface area is 214 Å². The van der Waals surface area contributed by atoms with Crippen molar-refractivity contribution in [3.8, 4) is 0 Å². The first-order valence-corrected chi connectivity index (χ1v) is 12.2. The summed E-state index contributed by atoms with van der Waals surface area (Å²) < 4.78 is 0. The normalized spacial score (nSPS) is 16.5. The van der Waals surface area contributed by atoms with Gasteiger partial charge in [0.2, 0.25) is 6.41 Å². The lowest BCUT2D eigenvalue weighted by atomic mass is 10.0. The number of carbonyl (C=O) groups is 4.